The molecule has 1 aromatic carbocycles. The first kappa shape index (κ1) is 24.0. The number of alkyl halides is 6. The molecule has 5 nitrogen and oxygen atoms in total. The molecule has 2 aromatic rings. The molecule has 3 rings (SSSR count). The van der Waals surface area contributed by atoms with E-state index in [4.69, 9.17) is 0 Å². The van der Waals surface area contributed by atoms with E-state index in [1.54, 1.807) is 0 Å². The number of benzene rings is 1. The van der Waals surface area contributed by atoms with Crippen LogP contribution >= 0.6 is 0 Å². The number of aromatic nitrogens is 2. The van der Waals surface area contributed by atoms with Crippen LogP contribution in [0.25, 0.3) is 0 Å². The average molecular weight is 461 g/mol. The predicted molar refractivity (Wildman–Crippen MR) is 103 cm³/mol. The molecule has 1 fully saturated rings. The number of carbonyl (C=O) groups excluding carboxylic acids is 1. The second-order valence-electron chi connectivity index (χ2n) is 7.89. The molecule has 1 aliphatic rings. The Bertz CT molecular complexity index is 955. The fraction of sp³-hybridized carbons (Fsp3) is 0.476. The summed E-state index contributed by atoms with van der Waals surface area (Å²) in [5, 5.41) is 15.2. The van der Waals surface area contributed by atoms with Crippen molar-refractivity contribution in [2.24, 2.45) is 10.9 Å². The zero-order chi connectivity index (χ0) is 23.5. The van der Waals surface area contributed by atoms with Gasteiger partial charge in [-0.25, -0.2) is 4.99 Å². The van der Waals surface area contributed by atoms with E-state index in [1.807, 2.05) is 0 Å². The molecule has 1 heterocycles. The van der Waals surface area contributed by atoms with E-state index in [-0.39, 0.29) is 23.6 Å². The Morgan fingerprint density at radius 1 is 1.03 bits per heavy atom. The van der Waals surface area contributed by atoms with E-state index in [1.165, 1.54) is 0 Å². The van der Waals surface area contributed by atoms with Crippen molar-refractivity contribution in [2.75, 3.05) is 0 Å². The van der Waals surface area contributed by atoms with Crippen molar-refractivity contribution in [3.63, 3.8) is 0 Å². The first-order valence-corrected chi connectivity index (χ1v) is 9.99. The molecule has 32 heavy (non-hydrogen) atoms. The molecule has 0 unspecified atom stereocenters. The van der Waals surface area contributed by atoms with Gasteiger partial charge in [-0.3, -0.25) is 9.89 Å². The lowest BCUT2D eigenvalue weighted by molar-refractivity contribution is -0.141. The molecular weight excluding hydrogens is 440 g/mol. The number of aromatic amines is 1. The molecule has 11 heteroatoms. The molecule has 0 radical (unpaired) electrons. The van der Waals surface area contributed by atoms with E-state index in [0.29, 0.717) is 37.8 Å². The summed E-state index contributed by atoms with van der Waals surface area (Å²) in [6, 6.07) is 4.41. The number of hydrogen-bond acceptors (Lipinski definition) is 3. The van der Waals surface area contributed by atoms with Crippen LogP contribution in [0.4, 0.5) is 26.3 Å². The van der Waals surface area contributed by atoms with Crippen molar-refractivity contribution in [1.82, 2.24) is 10.2 Å². The van der Waals surface area contributed by atoms with Gasteiger partial charge in [-0.05, 0) is 68.4 Å². The van der Waals surface area contributed by atoms with Crippen LogP contribution in [0.5, 0.6) is 0 Å². The minimum Gasteiger partial charge on any atom is -0.393 e. The zero-order valence-electron chi connectivity index (χ0n) is 16.8. The summed E-state index contributed by atoms with van der Waals surface area (Å²) in [5.41, 5.74) is -1.64. The number of aliphatic hydroxyl groups is 1. The molecule has 1 aromatic heterocycles. The molecule has 1 aliphatic carbocycles. The van der Waals surface area contributed by atoms with Crippen molar-refractivity contribution in [3.05, 3.63) is 52.8 Å². The Balaban J connectivity index is 1.81. The number of carbonyl (C=O) groups is 1. The Labute approximate surface area is 179 Å². The fourth-order valence-corrected chi connectivity index (χ4v) is 3.67. The van der Waals surface area contributed by atoms with E-state index >= 15 is 0 Å². The molecule has 0 atom stereocenters. The van der Waals surface area contributed by atoms with Crippen LogP contribution < -0.4 is 0 Å². The molecule has 0 saturated heterocycles. The SMILES string of the molecule is O=C(N=C(Cc1cc(C(F)(F)F)n[nH]1)CC1CCC(O)CC1)c1ccc(C(F)(F)F)cc1. The third-order valence-corrected chi connectivity index (χ3v) is 5.38. The lowest BCUT2D eigenvalue weighted by Crippen LogP contribution is -2.21. The maximum absolute atomic E-state index is 12.8. The molecule has 1 amide bonds. The van der Waals surface area contributed by atoms with Crippen molar-refractivity contribution >= 4 is 11.6 Å². The van der Waals surface area contributed by atoms with Crippen LogP contribution in [0, 0.1) is 5.92 Å². The Hall–Kier alpha value is -2.69. The summed E-state index contributed by atoms with van der Waals surface area (Å²) in [6.45, 7) is 0. The van der Waals surface area contributed by atoms with Crippen LogP contribution in [0.3, 0.4) is 0 Å². The van der Waals surface area contributed by atoms with Crippen LogP contribution in [-0.4, -0.2) is 33.0 Å². The number of rotatable bonds is 5. The fourth-order valence-electron chi connectivity index (χ4n) is 3.67. The molecular formula is C21H21F6N3O2. The Kier molecular flexibility index (Phi) is 7.06. The van der Waals surface area contributed by atoms with Crippen LogP contribution in [-0.2, 0) is 18.8 Å². The van der Waals surface area contributed by atoms with Crippen molar-refractivity contribution < 1.29 is 36.2 Å². The van der Waals surface area contributed by atoms with Crippen molar-refractivity contribution in [2.45, 2.75) is 57.0 Å². The lowest BCUT2D eigenvalue weighted by Gasteiger charge is -2.25. The number of aliphatic imine (C=N–C) groups is 1. The zero-order valence-corrected chi connectivity index (χ0v) is 16.8. The van der Waals surface area contributed by atoms with Gasteiger partial charge in [0.15, 0.2) is 5.69 Å². The molecule has 0 aliphatic heterocycles. The average Bonchev–Trinajstić information content (AvgIpc) is 3.18. The number of H-pyrrole nitrogens is 1. The van der Waals surface area contributed by atoms with Crippen LogP contribution in [0.1, 0.15) is 59.4 Å². The highest BCUT2D eigenvalue weighted by atomic mass is 19.4. The maximum atomic E-state index is 12.8. The summed E-state index contributed by atoms with van der Waals surface area (Å²) in [4.78, 5) is 16.6. The highest BCUT2D eigenvalue weighted by molar-refractivity contribution is 6.04. The maximum Gasteiger partial charge on any atom is 0.435 e. The summed E-state index contributed by atoms with van der Waals surface area (Å²) < 4.78 is 76.7. The van der Waals surface area contributed by atoms with Gasteiger partial charge < -0.3 is 5.11 Å². The normalized spacial score (nSPS) is 20.4. The summed E-state index contributed by atoms with van der Waals surface area (Å²) >= 11 is 0. The van der Waals surface area contributed by atoms with Gasteiger partial charge in [-0.15, -0.1) is 0 Å². The quantitative estimate of drug-likeness (QED) is 0.474. The number of hydrogen-bond donors (Lipinski definition) is 2. The highest BCUT2D eigenvalue weighted by Gasteiger charge is 2.34. The molecule has 0 bridgehead atoms. The number of aliphatic hydroxyl groups excluding tert-OH is 1. The van der Waals surface area contributed by atoms with Gasteiger partial charge in [-0.2, -0.15) is 31.4 Å². The topological polar surface area (TPSA) is 78.3 Å². The monoisotopic (exact) mass is 461 g/mol. The summed E-state index contributed by atoms with van der Waals surface area (Å²) in [6.07, 6.45) is -6.84. The first-order chi connectivity index (χ1) is 14.9. The first-order valence-electron chi connectivity index (χ1n) is 9.99. The third kappa shape index (κ3) is 6.41. The minimum atomic E-state index is -4.62. The van der Waals surface area contributed by atoms with Gasteiger partial charge in [0.05, 0.1) is 11.7 Å². The second kappa shape index (κ2) is 9.43. The number of nitrogens with one attached hydrogen (secondary N) is 1. The lowest BCUT2D eigenvalue weighted by atomic mass is 9.83. The largest absolute Gasteiger partial charge is 0.435 e. The number of halogens is 6. The number of amides is 1. The summed E-state index contributed by atoms with van der Waals surface area (Å²) in [5.74, 6) is -0.692. The standard InChI is InChI=1S/C21H21F6N3O2/c22-20(23,24)14-5-3-13(4-6-14)19(32)28-15(9-12-1-7-17(31)8-2-12)10-16-11-18(30-29-16)21(25,26)27/h3-6,11-12,17,31H,1-2,7-10H2,(H,29,30). The molecule has 2 N–H and O–H groups in total. The van der Waals surface area contributed by atoms with Gasteiger partial charge in [-0.1, -0.05) is 0 Å². The molecule has 0 spiro atoms. The van der Waals surface area contributed by atoms with Gasteiger partial charge in [0.2, 0.25) is 0 Å². The molecule has 1 saturated carbocycles. The highest BCUT2D eigenvalue weighted by Crippen LogP contribution is 2.31. The van der Waals surface area contributed by atoms with Gasteiger partial charge in [0.25, 0.3) is 5.91 Å². The third-order valence-electron chi connectivity index (χ3n) is 5.38. The summed E-state index contributed by atoms with van der Waals surface area (Å²) in [7, 11) is 0. The van der Waals surface area contributed by atoms with E-state index in [0.717, 1.165) is 30.3 Å². The van der Waals surface area contributed by atoms with Gasteiger partial charge in [0, 0.05) is 23.4 Å². The van der Waals surface area contributed by atoms with E-state index in [2.05, 4.69) is 15.2 Å². The van der Waals surface area contributed by atoms with Gasteiger partial charge in [0.1, 0.15) is 0 Å². The van der Waals surface area contributed by atoms with E-state index < -0.39 is 35.6 Å². The second-order valence-corrected chi connectivity index (χ2v) is 7.89. The van der Waals surface area contributed by atoms with Crippen molar-refractivity contribution in [1.29, 1.82) is 0 Å². The molecule has 174 valence electrons. The van der Waals surface area contributed by atoms with Gasteiger partial charge >= 0.3 is 12.4 Å². The van der Waals surface area contributed by atoms with E-state index in [9.17, 15) is 36.2 Å². The Morgan fingerprint density at radius 2 is 1.66 bits per heavy atom. The number of nitrogens with zero attached hydrogens (tertiary/aromatic N) is 2. The van der Waals surface area contributed by atoms with Crippen LogP contribution in [0.15, 0.2) is 35.3 Å². The van der Waals surface area contributed by atoms with Crippen LogP contribution in [0.2, 0.25) is 0 Å². The Morgan fingerprint density at radius 3 is 2.19 bits per heavy atom. The predicted octanol–water partition coefficient (Wildman–Crippen LogP) is 5.21. The minimum absolute atomic E-state index is 0.0600. The van der Waals surface area contributed by atoms with Crippen molar-refractivity contribution in [3.8, 4) is 0 Å². The smallest absolute Gasteiger partial charge is 0.393 e.